The maximum atomic E-state index is 13.4. The summed E-state index contributed by atoms with van der Waals surface area (Å²) in [4.78, 5) is 17.6. The first kappa shape index (κ1) is 27.7. The molecular weight excluding hydrogens is 466 g/mol. The van der Waals surface area contributed by atoms with Gasteiger partial charge in [0, 0.05) is 45.5 Å². The molecule has 1 fully saturated rings. The van der Waals surface area contributed by atoms with Gasteiger partial charge in [0.2, 0.25) is 10.0 Å². The molecule has 1 amide bonds. The van der Waals surface area contributed by atoms with Crippen LogP contribution in [0.25, 0.3) is 0 Å². The van der Waals surface area contributed by atoms with E-state index in [9.17, 15) is 13.2 Å². The molecule has 3 atom stereocenters. The highest BCUT2D eigenvalue weighted by Crippen LogP contribution is 2.29. The monoisotopic (exact) mass is 509 g/mol. The summed E-state index contributed by atoms with van der Waals surface area (Å²) in [6.45, 7) is 8.75. The smallest absolute Gasteiger partial charge is 0.257 e. The third-order valence-electron chi connectivity index (χ3n) is 7.44. The second kappa shape index (κ2) is 12.4. The lowest BCUT2D eigenvalue weighted by atomic mass is 9.88. The predicted molar refractivity (Wildman–Crippen MR) is 140 cm³/mol. The third kappa shape index (κ3) is 7.57. The van der Waals surface area contributed by atoms with Crippen LogP contribution in [0.15, 0.2) is 18.2 Å². The van der Waals surface area contributed by atoms with E-state index in [0.29, 0.717) is 36.1 Å². The summed E-state index contributed by atoms with van der Waals surface area (Å²) in [7, 11) is -0.00754. The number of amides is 1. The van der Waals surface area contributed by atoms with Gasteiger partial charge in [-0.05, 0) is 56.7 Å². The number of hydrogen-bond acceptors (Lipinski definition) is 6. The van der Waals surface area contributed by atoms with Crippen molar-refractivity contribution in [2.75, 3.05) is 50.9 Å². The SMILES string of the molecule is CCS(=O)(=O)Nc1ccc2c(c1)C(=O)N(C)C[C@@H](OC)[C@@H](C)CN(CC1CCCCC1)[C@H](C)CO2. The van der Waals surface area contributed by atoms with Crippen molar-refractivity contribution in [3.05, 3.63) is 23.8 Å². The fourth-order valence-corrected chi connectivity index (χ4v) is 5.75. The Hall–Kier alpha value is -1.84. The Morgan fingerprint density at radius 3 is 2.51 bits per heavy atom. The molecule has 9 heteroatoms. The van der Waals surface area contributed by atoms with Gasteiger partial charge < -0.3 is 14.4 Å². The molecule has 1 aromatic rings. The molecule has 2 aliphatic rings. The highest BCUT2D eigenvalue weighted by Gasteiger charge is 2.30. The lowest BCUT2D eigenvalue weighted by Crippen LogP contribution is -2.48. The van der Waals surface area contributed by atoms with Crippen LogP contribution in [0.4, 0.5) is 5.69 Å². The Labute approximate surface area is 211 Å². The van der Waals surface area contributed by atoms with Gasteiger partial charge in [0.05, 0.1) is 17.4 Å². The molecule has 3 rings (SSSR count). The first-order valence-electron chi connectivity index (χ1n) is 12.9. The summed E-state index contributed by atoms with van der Waals surface area (Å²) < 4.78 is 38.8. The molecule has 1 aliphatic carbocycles. The van der Waals surface area contributed by atoms with Crippen LogP contribution < -0.4 is 9.46 Å². The Morgan fingerprint density at radius 2 is 1.86 bits per heavy atom. The Balaban J connectivity index is 1.91. The van der Waals surface area contributed by atoms with Crippen molar-refractivity contribution in [3.63, 3.8) is 0 Å². The molecule has 1 saturated carbocycles. The fourth-order valence-electron chi connectivity index (χ4n) is 5.12. The maximum absolute atomic E-state index is 13.4. The number of nitrogens with one attached hydrogen (secondary N) is 1. The number of likely N-dealkylation sites (N-methyl/N-ethyl adjacent to an activating group) is 1. The number of ether oxygens (including phenoxy) is 2. The van der Waals surface area contributed by atoms with E-state index in [4.69, 9.17) is 9.47 Å². The number of nitrogens with zero attached hydrogens (tertiary/aromatic N) is 2. The molecule has 0 radical (unpaired) electrons. The van der Waals surface area contributed by atoms with E-state index in [2.05, 4.69) is 23.5 Å². The largest absolute Gasteiger partial charge is 0.491 e. The number of benzene rings is 1. The number of fused-ring (bicyclic) bond motifs is 1. The molecule has 1 aliphatic heterocycles. The van der Waals surface area contributed by atoms with E-state index in [1.165, 1.54) is 32.1 Å². The van der Waals surface area contributed by atoms with Crippen molar-refractivity contribution in [3.8, 4) is 5.75 Å². The van der Waals surface area contributed by atoms with E-state index in [1.807, 2.05) is 0 Å². The van der Waals surface area contributed by atoms with E-state index in [-0.39, 0.29) is 29.7 Å². The highest BCUT2D eigenvalue weighted by molar-refractivity contribution is 7.92. The van der Waals surface area contributed by atoms with Gasteiger partial charge in [-0.25, -0.2) is 8.42 Å². The van der Waals surface area contributed by atoms with Crippen LogP contribution in [-0.4, -0.2) is 82.4 Å². The number of sulfonamides is 1. The van der Waals surface area contributed by atoms with Crippen LogP contribution in [0.5, 0.6) is 5.75 Å². The molecular formula is C26H43N3O5S. The summed E-state index contributed by atoms with van der Waals surface area (Å²) in [6.07, 6.45) is 6.40. The number of rotatable bonds is 6. The average molecular weight is 510 g/mol. The molecule has 1 aromatic carbocycles. The van der Waals surface area contributed by atoms with Crippen molar-refractivity contribution in [2.45, 2.75) is 65.0 Å². The number of anilines is 1. The average Bonchev–Trinajstić information content (AvgIpc) is 2.85. The molecule has 0 bridgehead atoms. The topological polar surface area (TPSA) is 88.2 Å². The van der Waals surface area contributed by atoms with Gasteiger partial charge >= 0.3 is 0 Å². The maximum Gasteiger partial charge on any atom is 0.257 e. The standard InChI is InChI=1S/C26H43N3O5S/c1-6-35(31,32)27-22-12-13-24-23(14-22)26(30)28(4)17-25(33-5)19(2)15-29(20(3)18-34-24)16-21-10-8-7-9-11-21/h12-14,19-21,25,27H,6-11,15-18H2,1-5H3/t19-,20+,25+/m0/s1. The van der Waals surface area contributed by atoms with Gasteiger partial charge in [-0.2, -0.15) is 0 Å². The molecule has 0 spiro atoms. The van der Waals surface area contributed by atoms with Crippen molar-refractivity contribution >= 4 is 21.6 Å². The molecule has 8 nitrogen and oxygen atoms in total. The van der Waals surface area contributed by atoms with Crippen LogP contribution in [0.1, 0.15) is 63.2 Å². The van der Waals surface area contributed by atoms with E-state index < -0.39 is 10.0 Å². The minimum absolute atomic E-state index is 0.0455. The van der Waals surface area contributed by atoms with Gasteiger partial charge in [-0.3, -0.25) is 14.4 Å². The Bertz CT molecular complexity index is 948. The van der Waals surface area contributed by atoms with Gasteiger partial charge in [0.25, 0.3) is 5.91 Å². The number of hydrogen-bond donors (Lipinski definition) is 1. The van der Waals surface area contributed by atoms with Crippen LogP contribution in [0, 0.1) is 11.8 Å². The molecule has 1 heterocycles. The van der Waals surface area contributed by atoms with Crippen molar-refractivity contribution in [1.29, 1.82) is 0 Å². The Morgan fingerprint density at radius 1 is 1.14 bits per heavy atom. The molecule has 198 valence electrons. The van der Waals surface area contributed by atoms with E-state index in [1.54, 1.807) is 44.2 Å². The zero-order valence-corrected chi connectivity index (χ0v) is 22.8. The first-order chi connectivity index (χ1) is 16.6. The molecule has 1 N–H and O–H groups in total. The summed E-state index contributed by atoms with van der Waals surface area (Å²) >= 11 is 0. The lowest BCUT2D eigenvalue weighted by Gasteiger charge is -2.38. The first-order valence-corrected chi connectivity index (χ1v) is 14.6. The zero-order chi connectivity index (χ0) is 25.6. The number of carbonyl (C=O) groups is 1. The summed E-state index contributed by atoms with van der Waals surface area (Å²) in [5.41, 5.74) is 0.699. The van der Waals surface area contributed by atoms with Crippen molar-refractivity contribution in [1.82, 2.24) is 9.80 Å². The normalized spacial score (nSPS) is 25.8. The minimum Gasteiger partial charge on any atom is -0.491 e. The van der Waals surface area contributed by atoms with E-state index >= 15 is 0 Å². The quantitative estimate of drug-likeness (QED) is 0.627. The second-order valence-electron chi connectivity index (χ2n) is 10.3. The van der Waals surface area contributed by atoms with Gasteiger partial charge in [-0.15, -0.1) is 0 Å². The van der Waals surface area contributed by atoms with Crippen molar-refractivity contribution in [2.24, 2.45) is 11.8 Å². The van der Waals surface area contributed by atoms with Gasteiger partial charge in [-0.1, -0.05) is 26.2 Å². The zero-order valence-electron chi connectivity index (χ0n) is 22.0. The second-order valence-corrected chi connectivity index (χ2v) is 12.3. The van der Waals surface area contributed by atoms with Crippen LogP contribution in [0.3, 0.4) is 0 Å². The van der Waals surface area contributed by atoms with Crippen molar-refractivity contribution < 1.29 is 22.7 Å². The summed E-state index contributed by atoms with van der Waals surface area (Å²) in [6, 6.07) is 5.07. The summed E-state index contributed by atoms with van der Waals surface area (Å²) in [5, 5.41) is 0. The number of methoxy groups -OCH3 is 1. The van der Waals surface area contributed by atoms with Gasteiger partial charge in [0.1, 0.15) is 12.4 Å². The van der Waals surface area contributed by atoms with Crippen LogP contribution in [0.2, 0.25) is 0 Å². The third-order valence-corrected chi connectivity index (χ3v) is 8.75. The van der Waals surface area contributed by atoms with Gasteiger partial charge in [0.15, 0.2) is 0 Å². The lowest BCUT2D eigenvalue weighted by molar-refractivity contribution is 0.00690. The highest BCUT2D eigenvalue weighted by atomic mass is 32.2. The van der Waals surface area contributed by atoms with E-state index in [0.717, 1.165) is 13.1 Å². The minimum atomic E-state index is -3.46. The Kier molecular flexibility index (Phi) is 9.84. The van der Waals surface area contributed by atoms with Crippen LogP contribution >= 0.6 is 0 Å². The molecule has 0 saturated heterocycles. The van der Waals surface area contributed by atoms with Crippen LogP contribution in [-0.2, 0) is 14.8 Å². The predicted octanol–water partition coefficient (Wildman–Crippen LogP) is 3.83. The number of carbonyl (C=O) groups excluding carboxylic acids is 1. The molecule has 0 unspecified atom stereocenters. The summed E-state index contributed by atoms with van der Waals surface area (Å²) in [5.74, 6) is 1.13. The molecule has 0 aromatic heterocycles. The molecule has 35 heavy (non-hydrogen) atoms. The fraction of sp³-hybridized carbons (Fsp3) is 0.731.